The van der Waals surface area contributed by atoms with Crippen molar-refractivity contribution in [3.63, 3.8) is 0 Å². The lowest BCUT2D eigenvalue weighted by Crippen LogP contribution is -2.43. The van der Waals surface area contributed by atoms with Crippen LogP contribution in [0.3, 0.4) is 0 Å². The summed E-state index contributed by atoms with van der Waals surface area (Å²) < 4.78 is 28.2. The van der Waals surface area contributed by atoms with Crippen LogP contribution in [0.5, 0.6) is 0 Å². The molecule has 1 rings (SSSR count). The molecule has 0 bridgehead atoms. The minimum atomic E-state index is -2.95. The van der Waals surface area contributed by atoms with Crippen LogP contribution in [0.1, 0.15) is 58.6 Å². The first-order chi connectivity index (χ1) is 12.8. The number of guanidine groups is 1. The van der Waals surface area contributed by atoms with E-state index in [2.05, 4.69) is 24.5 Å². The molecule has 0 saturated carbocycles. The number of hydrogen-bond donors (Lipinski definition) is 2. The zero-order chi connectivity index (χ0) is 20.1. The standard InChI is InChI=1S/C20H37N3O3S.HI/c1-5-7-9-18(6-2)16-22-20(21-13-11-19-10-8-14-26-19)23-17(3)12-15-27(4,24)25;/h8,10,14,17-18H,5-7,9,11-13,15-16H2,1-4H3,(H2,21,22,23);1H. The van der Waals surface area contributed by atoms with Crippen molar-refractivity contribution in [3.05, 3.63) is 24.2 Å². The van der Waals surface area contributed by atoms with E-state index < -0.39 is 9.84 Å². The molecule has 6 nitrogen and oxygen atoms in total. The molecule has 0 aliphatic rings. The van der Waals surface area contributed by atoms with Gasteiger partial charge >= 0.3 is 0 Å². The van der Waals surface area contributed by atoms with E-state index in [1.54, 1.807) is 6.26 Å². The predicted molar refractivity (Wildman–Crippen MR) is 128 cm³/mol. The van der Waals surface area contributed by atoms with Crippen LogP contribution in [0.25, 0.3) is 0 Å². The zero-order valence-electron chi connectivity index (χ0n) is 17.7. The van der Waals surface area contributed by atoms with Crippen LogP contribution in [0.15, 0.2) is 27.8 Å². The lowest BCUT2D eigenvalue weighted by Gasteiger charge is -2.19. The summed E-state index contributed by atoms with van der Waals surface area (Å²) in [5.41, 5.74) is 0. The van der Waals surface area contributed by atoms with Crippen molar-refractivity contribution >= 4 is 39.8 Å². The van der Waals surface area contributed by atoms with Gasteiger partial charge in [-0.15, -0.1) is 24.0 Å². The summed E-state index contributed by atoms with van der Waals surface area (Å²) in [7, 11) is -2.95. The Kier molecular flexibility index (Phi) is 14.7. The Balaban J connectivity index is 0.00000729. The highest BCUT2D eigenvalue weighted by Gasteiger charge is 2.11. The van der Waals surface area contributed by atoms with Crippen LogP contribution in [-0.2, 0) is 16.3 Å². The fourth-order valence-corrected chi connectivity index (χ4v) is 3.53. The molecule has 1 heterocycles. The molecule has 0 aliphatic heterocycles. The second-order valence-electron chi connectivity index (χ2n) is 7.33. The molecule has 2 atom stereocenters. The molecule has 0 fully saturated rings. The SMILES string of the molecule is CCCCC(CC)CN=C(NCCc1ccco1)NC(C)CCS(C)(=O)=O.I. The van der Waals surface area contributed by atoms with Crippen molar-refractivity contribution in [2.45, 2.75) is 65.3 Å². The van der Waals surface area contributed by atoms with E-state index in [4.69, 9.17) is 9.41 Å². The first kappa shape index (κ1) is 27.2. The molecule has 2 N–H and O–H groups in total. The minimum absolute atomic E-state index is 0. The van der Waals surface area contributed by atoms with Gasteiger partial charge in [0.2, 0.25) is 0 Å². The molecule has 2 unspecified atom stereocenters. The second kappa shape index (κ2) is 15.1. The first-order valence-corrected chi connectivity index (χ1v) is 12.1. The Labute approximate surface area is 188 Å². The van der Waals surface area contributed by atoms with E-state index in [9.17, 15) is 8.42 Å². The van der Waals surface area contributed by atoms with Crippen molar-refractivity contribution in [3.8, 4) is 0 Å². The number of aliphatic imine (C=N–C) groups is 1. The normalized spacial score (nSPS) is 14.2. The maximum atomic E-state index is 11.4. The molecule has 1 aromatic heterocycles. The van der Waals surface area contributed by atoms with Gasteiger partial charge in [-0.3, -0.25) is 4.99 Å². The third-order valence-corrected chi connectivity index (χ3v) is 5.58. The summed E-state index contributed by atoms with van der Waals surface area (Å²) in [5.74, 6) is 2.44. The highest BCUT2D eigenvalue weighted by atomic mass is 127. The fourth-order valence-electron chi connectivity index (χ4n) is 2.75. The summed E-state index contributed by atoms with van der Waals surface area (Å²) in [6.07, 6.45) is 9.03. The predicted octanol–water partition coefficient (Wildman–Crippen LogP) is 4.01. The molecule has 0 amide bonds. The van der Waals surface area contributed by atoms with Crippen LogP contribution in [0.2, 0.25) is 0 Å². The van der Waals surface area contributed by atoms with Crippen molar-refractivity contribution in [1.29, 1.82) is 0 Å². The molecule has 164 valence electrons. The number of furan rings is 1. The largest absolute Gasteiger partial charge is 0.469 e. The van der Waals surface area contributed by atoms with Crippen LogP contribution in [-0.4, -0.2) is 45.5 Å². The van der Waals surface area contributed by atoms with Gasteiger partial charge < -0.3 is 15.1 Å². The Morgan fingerprint density at radius 3 is 2.61 bits per heavy atom. The van der Waals surface area contributed by atoms with Crippen molar-refractivity contribution in [2.24, 2.45) is 10.9 Å². The summed E-state index contributed by atoms with van der Waals surface area (Å²) in [4.78, 5) is 4.77. The van der Waals surface area contributed by atoms with E-state index in [0.717, 1.165) is 31.1 Å². The lowest BCUT2D eigenvalue weighted by atomic mass is 10.00. The van der Waals surface area contributed by atoms with Crippen LogP contribution >= 0.6 is 24.0 Å². The van der Waals surface area contributed by atoms with Gasteiger partial charge in [0.05, 0.1) is 12.0 Å². The quantitative estimate of drug-likeness (QED) is 0.230. The number of hydrogen-bond acceptors (Lipinski definition) is 4. The molecule has 0 aromatic carbocycles. The van der Waals surface area contributed by atoms with Crippen molar-refractivity contribution in [1.82, 2.24) is 10.6 Å². The molecular weight excluding hydrogens is 489 g/mol. The third kappa shape index (κ3) is 13.4. The van der Waals surface area contributed by atoms with Crippen molar-refractivity contribution < 1.29 is 12.8 Å². The summed E-state index contributed by atoms with van der Waals surface area (Å²) >= 11 is 0. The monoisotopic (exact) mass is 527 g/mol. The number of sulfone groups is 1. The average molecular weight is 528 g/mol. The highest BCUT2D eigenvalue weighted by molar-refractivity contribution is 14.0. The van der Waals surface area contributed by atoms with E-state index in [0.29, 0.717) is 18.9 Å². The number of nitrogens with one attached hydrogen (secondary N) is 2. The molecule has 1 aromatic rings. The van der Waals surface area contributed by atoms with Gasteiger partial charge in [0.1, 0.15) is 15.6 Å². The maximum absolute atomic E-state index is 11.4. The number of halogens is 1. The van der Waals surface area contributed by atoms with Crippen LogP contribution in [0, 0.1) is 5.92 Å². The Morgan fingerprint density at radius 1 is 1.29 bits per heavy atom. The molecule has 8 heteroatoms. The Morgan fingerprint density at radius 2 is 2.04 bits per heavy atom. The summed E-state index contributed by atoms with van der Waals surface area (Å²) in [6.45, 7) is 7.91. The van der Waals surface area contributed by atoms with Crippen LogP contribution < -0.4 is 10.6 Å². The second-order valence-corrected chi connectivity index (χ2v) is 9.59. The maximum Gasteiger partial charge on any atom is 0.191 e. The highest BCUT2D eigenvalue weighted by Crippen LogP contribution is 2.12. The molecule has 0 spiro atoms. The Hall–Kier alpha value is -0.770. The van der Waals surface area contributed by atoms with E-state index in [1.165, 1.54) is 25.5 Å². The van der Waals surface area contributed by atoms with E-state index in [1.807, 2.05) is 19.1 Å². The van der Waals surface area contributed by atoms with Gasteiger partial charge in [0.15, 0.2) is 5.96 Å². The van der Waals surface area contributed by atoms with E-state index >= 15 is 0 Å². The zero-order valence-corrected chi connectivity index (χ0v) is 20.9. The Bertz CT molecular complexity index is 633. The number of unbranched alkanes of at least 4 members (excludes halogenated alkanes) is 1. The van der Waals surface area contributed by atoms with Gasteiger partial charge in [-0.25, -0.2) is 8.42 Å². The summed E-state index contributed by atoms with van der Waals surface area (Å²) in [5, 5.41) is 6.70. The molecule has 0 aliphatic carbocycles. The molecule has 28 heavy (non-hydrogen) atoms. The number of nitrogens with zero attached hydrogens (tertiary/aromatic N) is 1. The van der Waals surface area contributed by atoms with Gasteiger partial charge in [-0.2, -0.15) is 0 Å². The van der Waals surface area contributed by atoms with Gasteiger partial charge in [-0.1, -0.05) is 33.1 Å². The lowest BCUT2D eigenvalue weighted by molar-refractivity contribution is 0.460. The number of rotatable bonds is 13. The van der Waals surface area contributed by atoms with Gasteiger partial charge in [0.25, 0.3) is 0 Å². The first-order valence-electron chi connectivity index (χ1n) is 10.1. The molecular formula is C20H38IN3O3S. The third-order valence-electron chi connectivity index (χ3n) is 4.60. The topological polar surface area (TPSA) is 83.7 Å². The van der Waals surface area contributed by atoms with E-state index in [-0.39, 0.29) is 35.8 Å². The molecule has 0 radical (unpaired) electrons. The average Bonchev–Trinajstić information content (AvgIpc) is 3.12. The van der Waals surface area contributed by atoms with Crippen molar-refractivity contribution in [2.75, 3.05) is 25.1 Å². The molecule has 0 saturated heterocycles. The minimum Gasteiger partial charge on any atom is -0.469 e. The smallest absolute Gasteiger partial charge is 0.191 e. The summed E-state index contributed by atoms with van der Waals surface area (Å²) in [6, 6.07) is 3.87. The van der Waals surface area contributed by atoms with Crippen LogP contribution in [0.4, 0.5) is 0 Å². The van der Waals surface area contributed by atoms with Gasteiger partial charge in [-0.05, 0) is 37.8 Å². The van der Waals surface area contributed by atoms with Gasteiger partial charge in [0, 0.05) is 31.8 Å². The fraction of sp³-hybridized carbons (Fsp3) is 0.750.